The molecule has 15 heavy (non-hydrogen) atoms. The quantitative estimate of drug-likeness (QED) is 0.863. The van der Waals surface area contributed by atoms with Crippen molar-refractivity contribution < 1.29 is 0 Å². The predicted octanol–water partition coefficient (Wildman–Crippen LogP) is 4.18. The summed E-state index contributed by atoms with van der Waals surface area (Å²) in [6.07, 6.45) is 6.59. The Balaban J connectivity index is 1.82. The van der Waals surface area contributed by atoms with Crippen LogP contribution >= 0.6 is 22.9 Å². The normalized spacial score (nSPS) is 26.5. The fraction of sp³-hybridized carbons (Fsp3) is 0.727. The van der Waals surface area contributed by atoms with Crippen molar-refractivity contribution in [2.45, 2.75) is 45.1 Å². The highest BCUT2D eigenvalue weighted by atomic mass is 35.5. The van der Waals surface area contributed by atoms with Crippen molar-refractivity contribution in [3.8, 4) is 0 Å². The Hall–Kier alpha value is -0.280. The first-order chi connectivity index (χ1) is 7.28. The summed E-state index contributed by atoms with van der Waals surface area (Å²) < 4.78 is 0. The zero-order valence-electron chi connectivity index (χ0n) is 9.00. The Kier molecular flexibility index (Phi) is 3.87. The highest BCUT2D eigenvalue weighted by Crippen LogP contribution is 2.29. The molecular weight excluding hydrogens is 228 g/mol. The van der Waals surface area contributed by atoms with Gasteiger partial charge in [-0.15, -0.1) is 11.3 Å². The standard InChI is InChI=1S/C11H17ClN2S/c1-2-8-3-5-9(6-4-8)13-11-14-10(12)7-15-11/h7-9H,2-6H2,1H3,(H,13,14). The molecule has 0 atom stereocenters. The van der Waals surface area contributed by atoms with Gasteiger partial charge in [-0.3, -0.25) is 0 Å². The van der Waals surface area contributed by atoms with Gasteiger partial charge in [0.15, 0.2) is 5.13 Å². The zero-order chi connectivity index (χ0) is 10.7. The van der Waals surface area contributed by atoms with Crippen LogP contribution in [0.5, 0.6) is 0 Å². The molecule has 0 aliphatic heterocycles. The second-order valence-corrected chi connectivity index (χ2v) is 5.49. The largest absolute Gasteiger partial charge is 0.359 e. The van der Waals surface area contributed by atoms with Gasteiger partial charge in [0, 0.05) is 11.4 Å². The van der Waals surface area contributed by atoms with Crippen LogP contribution in [0.1, 0.15) is 39.0 Å². The molecule has 0 bridgehead atoms. The average Bonchev–Trinajstić information content (AvgIpc) is 2.65. The van der Waals surface area contributed by atoms with E-state index in [1.807, 2.05) is 5.38 Å². The third-order valence-corrected chi connectivity index (χ3v) is 4.32. The lowest BCUT2D eigenvalue weighted by Crippen LogP contribution is -2.25. The van der Waals surface area contributed by atoms with Crippen molar-refractivity contribution in [1.29, 1.82) is 0 Å². The molecule has 0 aromatic carbocycles. The number of hydrogen-bond donors (Lipinski definition) is 1. The monoisotopic (exact) mass is 244 g/mol. The average molecular weight is 245 g/mol. The minimum absolute atomic E-state index is 0.602. The van der Waals surface area contributed by atoms with Gasteiger partial charge < -0.3 is 5.32 Å². The molecule has 0 amide bonds. The Morgan fingerprint density at radius 1 is 1.47 bits per heavy atom. The van der Waals surface area contributed by atoms with Crippen molar-refractivity contribution in [2.75, 3.05) is 5.32 Å². The van der Waals surface area contributed by atoms with Gasteiger partial charge in [-0.05, 0) is 31.6 Å². The maximum absolute atomic E-state index is 5.78. The number of thiazole rings is 1. The van der Waals surface area contributed by atoms with E-state index in [4.69, 9.17) is 11.6 Å². The summed E-state index contributed by atoms with van der Waals surface area (Å²) in [7, 11) is 0. The molecule has 84 valence electrons. The third kappa shape index (κ3) is 3.08. The molecule has 1 aliphatic rings. The van der Waals surface area contributed by atoms with Crippen LogP contribution in [-0.2, 0) is 0 Å². The van der Waals surface area contributed by atoms with Gasteiger partial charge in [-0.25, -0.2) is 4.98 Å². The molecule has 2 rings (SSSR count). The fourth-order valence-electron chi connectivity index (χ4n) is 2.21. The number of anilines is 1. The Morgan fingerprint density at radius 3 is 2.73 bits per heavy atom. The lowest BCUT2D eigenvalue weighted by atomic mass is 9.85. The molecule has 1 aromatic heterocycles. The van der Waals surface area contributed by atoms with Crippen molar-refractivity contribution in [3.63, 3.8) is 0 Å². The number of hydrogen-bond acceptors (Lipinski definition) is 3. The Bertz CT molecular complexity index is 305. The summed E-state index contributed by atoms with van der Waals surface area (Å²) >= 11 is 7.38. The van der Waals surface area contributed by atoms with Crippen molar-refractivity contribution in [1.82, 2.24) is 4.98 Å². The second kappa shape index (κ2) is 5.17. The molecular formula is C11H17ClN2S. The minimum Gasteiger partial charge on any atom is -0.359 e. The molecule has 1 fully saturated rings. The van der Waals surface area contributed by atoms with E-state index >= 15 is 0 Å². The molecule has 1 heterocycles. The van der Waals surface area contributed by atoms with Crippen molar-refractivity contribution in [3.05, 3.63) is 10.5 Å². The van der Waals surface area contributed by atoms with Gasteiger partial charge in [0.25, 0.3) is 0 Å². The number of aromatic nitrogens is 1. The van der Waals surface area contributed by atoms with Crippen LogP contribution in [0.15, 0.2) is 5.38 Å². The first-order valence-electron chi connectivity index (χ1n) is 5.65. The van der Waals surface area contributed by atoms with Crippen LogP contribution in [0.2, 0.25) is 5.15 Å². The predicted molar refractivity (Wildman–Crippen MR) is 66.8 cm³/mol. The van der Waals surface area contributed by atoms with Gasteiger partial charge in [0.1, 0.15) is 5.15 Å². The first-order valence-corrected chi connectivity index (χ1v) is 6.91. The summed E-state index contributed by atoms with van der Waals surface area (Å²) in [6.45, 7) is 2.29. The van der Waals surface area contributed by atoms with Crippen LogP contribution in [0.3, 0.4) is 0 Å². The van der Waals surface area contributed by atoms with E-state index in [2.05, 4.69) is 17.2 Å². The molecule has 0 saturated heterocycles. The van der Waals surface area contributed by atoms with Gasteiger partial charge in [-0.1, -0.05) is 24.9 Å². The Labute approximate surface area is 100 Å². The number of rotatable bonds is 3. The van der Waals surface area contributed by atoms with Gasteiger partial charge in [0.05, 0.1) is 0 Å². The van der Waals surface area contributed by atoms with E-state index in [1.165, 1.54) is 32.1 Å². The van der Waals surface area contributed by atoms with Crippen LogP contribution in [-0.4, -0.2) is 11.0 Å². The van der Waals surface area contributed by atoms with Crippen LogP contribution in [0.25, 0.3) is 0 Å². The molecule has 0 spiro atoms. The molecule has 1 aromatic rings. The maximum Gasteiger partial charge on any atom is 0.184 e. The maximum atomic E-state index is 5.78. The molecule has 1 aliphatic carbocycles. The van der Waals surface area contributed by atoms with E-state index in [-0.39, 0.29) is 0 Å². The van der Waals surface area contributed by atoms with E-state index in [1.54, 1.807) is 11.3 Å². The smallest absolute Gasteiger partial charge is 0.184 e. The van der Waals surface area contributed by atoms with Gasteiger partial charge >= 0.3 is 0 Å². The summed E-state index contributed by atoms with van der Waals surface area (Å²) in [5, 5.41) is 6.92. The van der Waals surface area contributed by atoms with E-state index in [0.717, 1.165) is 11.0 Å². The summed E-state index contributed by atoms with van der Waals surface area (Å²) in [4.78, 5) is 4.22. The van der Waals surface area contributed by atoms with E-state index < -0.39 is 0 Å². The van der Waals surface area contributed by atoms with Crippen LogP contribution in [0, 0.1) is 5.92 Å². The summed E-state index contributed by atoms with van der Waals surface area (Å²) in [5.41, 5.74) is 0. The highest BCUT2D eigenvalue weighted by molar-refractivity contribution is 7.14. The molecule has 0 radical (unpaired) electrons. The topological polar surface area (TPSA) is 24.9 Å². The minimum atomic E-state index is 0.602. The summed E-state index contributed by atoms with van der Waals surface area (Å²) in [6, 6.07) is 0.606. The first kappa shape index (κ1) is 11.2. The summed E-state index contributed by atoms with van der Waals surface area (Å²) in [5.74, 6) is 0.947. The van der Waals surface area contributed by atoms with E-state index in [0.29, 0.717) is 11.2 Å². The lowest BCUT2D eigenvalue weighted by Gasteiger charge is -2.28. The molecule has 1 saturated carbocycles. The third-order valence-electron chi connectivity index (χ3n) is 3.23. The van der Waals surface area contributed by atoms with Gasteiger partial charge in [0.2, 0.25) is 0 Å². The zero-order valence-corrected chi connectivity index (χ0v) is 10.6. The Morgan fingerprint density at radius 2 is 2.20 bits per heavy atom. The van der Waals surface area contributed by atoms with E-state index in [9.17, 15) is 0 Å². The fourth-order valence-corrected chi connectivity index (χ4v) is 3.13. The lowest BCUT2D eigenvalue weighted by molar-refractivity contribution is 0.330. The number of nitrogens with one attached hydrogen (secondary N) is 1. The van der Waals surface area contributed by atoms with Crippen LogP contribution < -0.4 is 5.32 Å². The molecule has 2 nitrogen and oxygen atoms in total. The number of halogens is 1. The van der Waals surface area contributed by atoms with Crippen molar-refractivity contribution >= 4 is 28.1 Å². The van der Waals surface area contributed by atoms with Gasteiger partial charge in [-0.2, -0.15) is 0 Å². The molecule has 1 N–H and O–H groups in total. The van der Waals surface area contributed by atoms with Crippen molar-refractivity contribution in [2.24, 2.45) is 5.92 Å². The molecule has 0 unspecified atom stereocenters. The second-order valence-electron chi connectivity index (χ2n) is 4.25. The van der Waals surface area contributed by atoms with Crippen LogP contribution in [0.4, 0.5) is 5.13 Å². The highest BCUT2D eigenvalue weighted by Gasteiger charge is 2.20. The molecule has 4 heteroatoms. The number of nitrogens with zero attached hydrogens (tertiary/aromatic N) is 1. The SMILES string of the molecule is CCC1CCC(Nc2nc(Cl)cs2)CC1.